The summed E-state index contributed by atoms with van der Waals surface area (Å²) < 4.78 is 0. The van der Waals surface area contributed by atoms with Gasteiger partial charge >= 0.3 is 0 Å². The molecular weight excluding hydrogens is 302 g/mol. The minimum atomic E-state index is 0.0347. The van der Waals surface area contributed by atoms with Gasteiger partial charge in [0.15, 0.2) is 0 Å². The maximum atomic E-state index is 5.03. The van der Waals surface area contributed by atoms with Crippen LogP contribution in [0.3, 0.4) is 0 Å². The van der Waals surface area contributed by atoms with Crippen molar-refractivity contribution >= 4 is 6.21 Å². The van der Waals surface area contributed by atoms with Crippen molar-refractivity contribution in [3.05, 3.63) is 107 Å². The third-order valence-electron chi connectivity index (χ3n) is 4.63. The van der Waals surface area contributed by atoms with Gasteiger partial charge in [0.1, 0.15) is 6.04 Å². The predicted octanol–water partition coefficient (Wildman–Crippen LogP) is 6.02. The van der Waals surface area contributed by atoms with Gasteiger partial charge in [-0.15, -0.1) is 0 Å². The highest BCUT2D eigenvalue weighted by molar-refractivity contribution is 5.80. The number of rotatable bonds is 6. The van der Waals surface area contributed by atoms with E-state index in [-0.39, 0.29) is 6.04 Å². The molecule has 0 saturated carbocycles. The van der Waals surface area contributed by atoms with E-state index in [1.54, 1.807) is 0 Å². The van der Waals surface area contributed by atoms with Crippen molar-refractivity contribution in [1.29, 1.82) is 0 Å². The lowest BCUT2D eigenvalue weighted by atomic mass is 9.90. The number of aliphatic imine (C=N–C) groups is 1. The van der Waals surface area contributed by atoms with E-state index < -0.39 is 0 Å². The zero-order valence-electron chi connectivity index (χ0n) is 15.0. The highest BCUT2D eigenvalue weighted by Gasteiger charge is 2.17. The van der Waals surface area contributed by atoms with Crippen LogP contribution in [0.5, 0.6) is 0 Å². The van der Waals surface area contributed by atoms with Crippen LogP contribution in [0.25, 0.3) is 0 Å². The van der Waals surface area contributed by atoms with Crippen molar-refractivity contribution < 1.29 is 0 Å². The second-order valence-corrected chi connectivity index (χ2v) is 6.20. The lowest BCUT2D eigenvalue weighted by Crippen LogP contribution is -2.06. The standard InChI is InChI=1S/C24H25N/c1-3-20-14-8-10-16-22(20)24(23-17-11-9-15-21(23)4-2)25-18-19-12-6-5-7-13-19/h5-18,24H,3-4H2,1-2H3. The van der Waals surface area contributed by atoms with Crippen molar-refractivity contribution in [2.45, 2.75) is 32.7 Å². The molecule has 0 aliphatic heterocycles. The monoisotopic (exact) mass is 327 g/mol. The van der Waals surface area contributed by atoms with E-state index in [4.69, 9.17) is 4.99 Å². The van der Waals surface area contributed by atoms with Gasteiger partial charge in [-0.3, -0.25) is 4.99 Å². The molecule has 3 rings (SSSR count). The zero-order valence-corrected chi connectivity index (χ0v) is 15.0. The SMILES string of the molecule is CCc1ccccc1C(N=Cc1ccccc1)c1ccccc1CC. The van der Waals surface area contributed by atoms with Crippen LogP contribution in [0.4, 0.5) is 0 Å². The van der Waals surface area contributed by atoms with Crippen LogP contribution in [-0.4, -0.2) is 6.21 Å². The fourth-order valence-electron chi connectivity index (χ4n) is 3.27. The Balaban J connectivity index is 2.10. The van der Waals surface area contributed by atoms with E-state index in [2.05, 4.69) is 86.6 Å². The Morgan fingerprint density at radius 2 is 1.16 bits per heavy atom. The molecule has 0 aliphatic carbocycles. The smallest absolute Gasteiger partial charge is 0.100 e. The first-order valence-corrected chi connectivity index (χ1v) is 9.07. The van der Waals surface area contributed by atoms with Gasteiger partial charge < -0.3 is 0 Å². The summed E-state index contributed by atoms with van der Waals surface area (Å²) in [7, 11) is 0. The molecule has 0 atom stereocenters. The summed E-state index contributed by atoms with van der Waals surface area (Å²) in [6, 6.07) is 27.7. The number of nitrogens with zero attached hydrogens (tertiary/aromatic N) is 1. The fourth-order valence-corrected chi connectivity index (χ4v) is 3.27. The summed E-state index contributed by atoms with van der Waals surface area (Å²) >= 11 is 0. The molecular formula is C24H25N. The van der Waals surface area contributed by atoms with Gasteiger partial charge in [-0.2, -0.15) is 0 Å². The van der Waals surface area contributed by atoms with Crippen LogP contribution >= 0.6 is 0 Å². The maximum Gasteiger partial charge on any atom is 0.100 e. The second kappa shape index (κ2) is 8.43. The summed E-state index contributed by atoms with van der Waals surface area (Å²) in [5.74, 6) is 0. The predicted molar refractivity (Wildman–Crippen MR) is 108 cm³/mol. The first-order valence-electron chi connectivity index (χ1n) is 9.07. The number of hydrogen-bond donors (Lipinski definition) is 0. The quantitative estimate of drug-likeness (QED) is 0.491. The van der Waals surface area contributed by atoms with Crippen LogP contribution in [0, 0.1) is 0 Å². The minimum Gasteiger partial charge on any atom is -0.280 e. The van der Waals surface area contributed by atoms with Crippen LogP contribution < -0.4 is 0 Å². The van der Waals surface area contributed by atoms with E-state index >= 15 is 0 Å². The first-order chi connectivity index (χ1) is 12.3. The molecule has 3 aromatic carbocycles. The van der Waals surface area contributed by atoms with Crippen LogP contribution in [-0.2, 0) is 12.8 Å². The molecule has 0 unspecified atom stereocenters. The number of benzene rings is 3. The molecule has 0 bridgehead atoms. The lowest BCUT2D eigenvalue weighted by Gasteiger charge is -2.20. The largest absolute Gasteiger partial charge is 0.280 e. The third-order valence-corrected chi connectivity index (χ3v) is 4.63. The molecule has 0 aromatic heterocycles. The van der Waals surface area contributed by atoms with Gasteiger partial charge in [-0.05, 0) is 40.7 Å². The Morgan fingerprint density at radius 3 is 1.68 bits per heavy atom. The average molecular weight is 327 g/mol. The molecule has 0 radical (unpaired) electrons. The lowest BCUT2D eigenvalue weighted by molar-refractivity contribution is 0.837. The van der Waals surface area contributed by atoms with Crippen molar-refractivity contribution in [3.63, 3.8) is 0 Å². The van der Waals surface area contributed by atoms with Gasteiger partial charge in [0.2, 0.25) is 0 Å². The molecule has 1 heteroatoms. The average Bonchev–Trinajstić information content (AvgIpc) is 2.69. The van der Waals surface area contributed by atoms with E-state index in [1.807, 2.05) is 12.3 Å². The normalized spacial score (nSPS) is 11.3. The highest BCUT2D eigenvalue weighted by atomic mass is 14.8. The number of aryl methyl sites for hydroxylation is 2. The molecule has 3 aromatic rings. The Morgan fingerprint density at radius 1 is 0.680 bits per heavy atom. The summed E-state index contributed by atoms with van der Waals surface area (Å²) in [4.78, 5) is 5.03. The Kier molecular flexibility index (Phi) is 5.79. The van der Waals surface area contributed by atoms with Gasteiger partial charge in [0.25, 0.3) is 0 Å². The Bertz CT molecular complexity index is 786. The minimum absolute atomic E-state index is 0.0347. The molecule has 0 saturated heterocycles. The molecule has 1 nitrogen and oxygen atoms in total. The van der Waals surface area contributed by atoms with Crippen molar-refractivity contribution in [3.8, 4) is 0 Å². The molecule has 0 aliphatic rings. The molecule has 25 heavy (non-hydrogen) atoms. The van der Waals surface area contributed by atoms with Crippen molar-refractivity contribution in [2.75, 3.05) is 0 Å². The molecule has 0 fully saturated rings. The summed E-state index contributed by atoms with van der Waals surface area (Å²) in [6.07, 6.45) is 4.03. The molecule has 0 spiro atoms. The van der Waals surface area contributed by atoms with E-state index in [1.165, 1.54) is 22.3 Å². The molecule has 0 amide bonds. The first kappa shape index (κ1) is 17.2. The van der Waals surface area contributed by atoms with Gasteiger partial charge in [0.05, 0.1) is 0 Å². The maximum absolute atomic E-state index is 5.03. The second-order valence-electron chi connectivity index (χ2n) is 6.20. The zero-order chi connectivity index (χ0) is 17.5. The topological polar surface area (TPSA) is 12.4 Å². The van der Waals surface area contributed by atoms with E-state index in [9.17, 15) is 0 Å². The van der Waals surface area contributed by atoms with Gasteiger partial charge in [0, 0.05) is 6.21 Å². The van der Waals surface area contributed by atoms with E-state index in [0.717, 1.165) is 18.4 Å². The van der Waals surface area contributed by atoms with Crippen LogP contribution in [0.15, 0.2) is 83.9 Å². The fraction of sp³-hybridized carbons (Fsp3) is 0.208. The molecule has 0 heterocycles. The Labute approximate surface area is 151 Å². The molecule has 0 N–H and O–H groups in total. The van der Waals surface area contributed by atoms with Crippen molar-refractivity contribution in [2.24, 2.45) is 4.99 Å². The van der Waals surface area contributed by atoms with Gasteiger partial charge in [-0.25, -0.2) is 0 Å². The van der Waals surface area contributed by atoms with Gasteiger partial charge in [-0.1, -0.05) is 92.7 Å². The summed E-state index contributed by atoms with van der Waals surface area (Å²) in [5.41, 5.74) is 6.47. The number of hydrogen-bond acceptors (Lipinski definition) is 1. The third kappa shape index (κ3) is 4.06. The van der Waals surface area contributed by atoms with Crippen LogP contribution in [0.2, 0.25) is 0 Å². The Hall–Kier alpha value is -2.67. The van der Waals surface area contributed by atoms with E-state index in [0.29, 0.717) is 0 Å². The summed E-state index contributed by atoms with van der Waals surface area (Å²) in [5, 5.41) is 0. The molecule has 126 valence electrons. The highest BCUT2D eigenvalue weighted by Crippen LogP contribution is 2.31. The summed E-state index contributed by atoms with van der Waals surface area (Å²) in [6.45, 7) is 4.42. The van der Waals surface area contributed by atoms with Crippen molar-refractivity contribution in [1.82, 2.24) is 0 Å². The van der Waals surface area contributed by atoms with Crippen LogP contribution in [0.1, 0.15) is 47.7 Å².